The van der Waals surface area contributed by atoms with Gasteiger partial charge in [0.15, 0.2) is 11.5 Å². The Morgan fingerprint density at radius 2 is 2.06 bits per heavy atom. The Hall–Kier alpha value is -1.26. The highest BCUT2D eigenvalue weighted by Crippen LogP contribution is 2.31. The average Bonchev–Trinajstić information content (AvgIpc) is 2.36. The second kappa shape index (κ2) is 5.89. The lowest BCUT2D eigenvalue weighted by Gasteiger charge is -2.27. The summed E-state index contributed by atoms with van der Waals surface area (Å²) in [7, 11) is 1.99. The molecule has 0 aromatic heterocycles. The molecule has 1 aromatic rings. The lowest BCUT2D eigenvalue weighted by molar-refractivity contribution is 0.0758. The van der Waals surface area contributed by atoms with Gasteiger partial charge in [-0.3, -0.25) is 0 Å². The summed E-state index contributed by atoms with van der Waals surface area (Å²) in [4.78, 5) is 2.09. The van der Waals surface area contributed by atoms with Gasteiger partial charge in [0.05, 0.1) is 6.61 Å². The fourth-order valence-corrected chi connectivity index (χ4v) is 1.85. The molecule has 0 amide bonds. The second-order valence-electron chi connectivity index (χ2n) is 4.31. The number of rotatable bonds is 5. The molecule has 1 atom stereocenters. The van der Waals surface area contributed by atoms with Gasteiger partial charge in [0, 0.05) is 19.5 Å². The van der Waals surface area contributed by atoms with Crippen molar-refractivity contribution in [2.24, 2.45) is 0 Å². The smallest absolute Gasteiger partial charge is 0.161 e. The maximum atomic E-state index is 8.81. The number of aliphatic hydroxyl groups excluding tert-OH is 1. The lowest BCUT2D eigenvalue weighted by Crippen LogP contribution is -2.33. The van der Waals surface area contributed by atoms with Crippen molar-refractivity contribution in [1.82, 2.24) is 4.90 Å². The fraction of sp³-hybridized carbons (Fsp3) is 0.538. The van der Waals surface area contributed by atoms with Gasteiger partial charge in [-0.15, -0.1) is 0 Å². The van der Waals surface area contributed by atoms with Gasteiger partial charge < -0.3 is 19.5 Å². The number of nitrogens with zero attached hydrogens (tertiary/aromatic N) is 1. The highest BCUT2D eigenvalue weighted by atomic mass is 16.6. The zero-order chi connectivity index (χ0) is 12.1. The van der Waals surface area contributed by atoms with Gasteiger partial charge in [-0.2, -0.15) is 0 Å². The van der Waals surface area contributed by atoms with Gasteiger partial charge >= 0.3 is 0 Å². The third kappa shape index (κ3) is 3.35. The van der Waals surface area contributed by atoms with Crippen LogP contribution in [-0.4, -0.2) is 49.5 Å². The van der Waals surface area contributed by atoms with Crippen molar-refractivity contribution in [3.05, 3.63) is 24.3 Å². The van der Waals surface area contributed by atoms with E-state index in [4.69, 9.17) is 14.6 Å². The van der Waals surface area contributed by atoms with E-state index in [2.05, 4.69) is 4.90 Å². The minimum absolute atomic E-state index is 0.103. The lowest BCUT2D eigenvalue weighted by atomic mass is 10.2. The number of benzene rings is 1. The molecule has 0 radical (unpaired) electrons. The minimum Gasteiger partial charge on any atom is -0.486 e. The molecular formula is C13H19NO3. The van der Waals surface area contributed by atoms with Gasteiger partial charge in [0.1, 0.15) is 12.7 Å². The summed E-state index contributed by atoms with van der Waals surface area (Å²) in [5.41, 5.74) is 0. The summed E-state index contributed by atoms with van der Waals surface area (Å²) in [5, 5.41) is 8.81. The molecule has 0 aliphatic carbocycles. The van der Waals surface area contributed by atoms with E-state index in [-0.39, 0.29) is 12.7 Å². The van der Waals surface area contributed by atoms with Gasteiger partial charge in [0.2, 0.25) is 0 Å². The first-order valence-electron chi connectivity index (χ1n) is 5.97. The van der Waals surface area contributed by atoms with Crippen LogP contribution in [0.3, 0.4) is 0 Å². The molecule has 1 aromatic carbocycles. The first-order chi connectivity index (χ1) is 8.29. The van der Waals surface area contributed by atoms with Crippen molar-refractivity contribution in [3.8, 4) is 11.5 Å². The first kappa shape index (κ1) is 12.2. The molecule has 0 bridgehead atoms. The predicted octanol–water partition coefficient (Wildman–Crippen LogP) is 1.14. The topological polar surface area (TPSA) is 41.9 Å². The van der Waals surface area contributed by atoms with Gasteiger partial charge in [-0.1, -0.05) is 12.1 Å². The zero-order valence-corrected chi connectivity index (χ0v) is 10.1. The standard InChI is InChI=1S/C13H19NO3/c1-14(8-9-15)7-6-11-10-16-12-4-2-3-5-13(12)17-11/h2-5,11,15H,6-10H2,1H3/t11-/m0/s1. The first-order valence-corrected chi connectivity index (χ1v) is 5.97. The number of para-hydroxylation sites is 2. The SMILES string of the molecule is CN(CCO)CC[C@H]1COc2ccccc2O1. The van der Waals surface area contributed by atoms with Gasteiger partial charge in [-0.25, -0.2) is 0 Å². The molecule has 0 unspecified atom stereocenters. The molecule has 1 N–H and O–H groups in total. The van der Waals surface area contributed by atoms with Crippen molar-refractivity contribution in [2.75, 3.05) is 33.4 Å². The van der Waals surface area contributed by atoms with Gasteiger partial charge in [0.25, 0.3) is 0 Å². The van der Waals surface area contributed by atoms with E-state index < -0.39 is 0 Å². The van der Waals surface area contributed by atoms with E-state index in [1.165, 1.54) is 0 Å². The molecule has 0 saturated carbocycles. The molecule has 94 valence electrons. The van der Waals surface area contributed by atoms with E-state index in [1.807, 2.05) is 31.3 Å². The molecule has 4 heteroatoms. The van der Waals surface area contributed by atoms with Crippen molar-refractivity contribution in [3.63, 3.8) is 0 Å². The largest absolute Gasteiger partial charge is 0.486 e. The number of likely N-dealkylation sites (N-methyl/N-ethyl adjacent to an activating group) is 1. The average molecular weight is 237 g/mol. The molecule has 0 spiro atoms. The molecule has 1 aliphatic rings. The van der Waals surface area contributed by atoms with Crippen LogP contribution in [0.4, 0.5) is 0 Å². The Morgan fingerprint density at radius 3 is 2.82 bits per heavy atom. The maximum absolute atomic E-state index is 8.81. The Bertz CT molecular complexity index is 356. The molecule has 4 nitrogen and oxygen atoms in total. The molecular weight excluding hydrogens is 218 g/mol. The van der Waals surface area contributed by atoms with Crippen LogP contribution in [0.1, 0.15) is 6.42 Å². The summed E-state index contributed by atoms with van der Waals surface area (Å²) in [6.45, 7) is 2.40. The van der Waals surface area contributed by atoms with Crippen LogP contribution >= 0.6 is 0 Å². The second-order valence-corrected chi connectivity index (χ2v) is 4.31. The van der Waals surface area contributed by atoms with E-state index in [9.17, 15) is 0 Å². The normalized spacial score (nSPS) is 18.4. The number of hydrogen-bond donors (Lipinski definition) is 1. The maximum Gasteiger partial charge on any atom is 0.161 e. The Kier molecular flexibility index (Phi) is 4.23. The quantitative estimate of drug-likeness (QED) is 0.834. The third-order valence-corrected chi connectivity index (χ3v) is 2.88. The number of fused-ring (bicyclic) bond motifs is 1. The van der Waals surface area contributed by atoms with Gasteiger partial charge in [-0.05, 0) is 19.2 Å². The Balaban J connectivity index is 1.82. The number of aliphatic hydroxyl groups is 1. The molecule has 0 saturated heterocycles. The highest BCUT2D eigenvalue weighted by Gasteiger charge is 2.20. The number of hydrogen-bond acceptors (Lipinski definition) is 4. The number of ether oxygens (including phenoxy) is 2. The van der Waals surface area contributed by atoms with E-state index in [0.29, 0.717) is 13.2 Å². The summed E-state index contributed by atoms with van der Waals surface area (Å²) in [5.74, 6) is 1.65. The molecule has 0 fully saturated rings. The summed E-state index contributed by atoms with van der Waals surface area (Å²) in [6, 6.07) is 7.74. The molecule has 1 heterocycles. The predicted molar refractivity (Wildman–Crippen MR) is 65.6 cm³/mol. The molecule has 17 heavy (non-hydrogen) atoms. The molecule has 2 rings (SSSR count). The van der Waals surface area contributed by atoms with Crippen LogP contribution < -0.4 is 9.47 Å². The summed E-state index contributed by atoms with van der Waals surface area (Å²) in [6.07, 6.45) is 1.01. The van der Waals surface area contributed by atoms with Crippen LogP contribution in [0.5, 0.6) is 11.5 Å². The Labute approximate surface area is 102 Å². The van der Waals surface area contributed by atoms with Crippen LogP contribution in [0.25, 0.3) is 0 Å². The summed E-state index contributed by atoms with van der Waals surface area (Å²) < 4.78 is 11.5. The van der Waals surface area contributed by atoms with Crippen LogP contribution in [0.15, 0.2) is 24.3 Å². The van der Waals surface area contributed by atoms with Crippen molar-refractivity contribution in [2.45, 2.75) is 12.5 Å². The monoisotopic (exact) mass is 237 g/mol. The van der Waals surface area contributed by atoms with Crippen LogP contribution in [0, 0.1) is 0 Å². The minimum atomic E-state index is 0.103. The van der Waals surface area contributed by atoms with Crippen molar-refractivity contribution in [1.29, 1.82) is 0 Å². The van der Waals surface area contributed by atoms with Crippen LogP contribution in [0.2, 0.25) is 0 Å². The van der Waals surface area contributed by atoms with Crippen molar-refractivity contribution >= 4 is 0 Å². The molecule has 1 aliphatic heterocycles. The van der Waals surface area contributed by atoms with Crippen LogP contribution in [-0.2, 0) is 0 Å². The Morgan fingerprint density at radius 1 is 1.29 bits per heavy atom. The fourth-order valence-electron chi connectivity index (χ4n) is 1.85. The van der Waals surface area contributed by atoms with E-state index in [1.54, 1.807) is 0 Å². The third-order valence-electron chi connectivity index (χ3n) is 2.88. The van der Waals surface area contributed by atoms with Crippen molar-refractivity contribution < 1.29 is 14.6 Å². The van der Waals surface area contributed by atoms with E-state index >= 15 is 0 Å². The van der Waals surface area contributed by atoms with E-state index in [0.717, 1.165) is 24.5 Å². The highest BCUT2D eigenvalue weighted by molar-refractivity contribution is 5.40. The zero-order valence-electron chi connectivity index (χ0n) is 10.1. The summed E-state index contributed by atoms with van der Waals surface area (Å²) >= 11 is 0.